The minimum absolute atomic E-state index is 0. The number of guanidine groups is 1. The quantitative estimate of drug-likeness (QED) is 0.475. The number of nitrogens with zero attached hydrogens (tertiary/aromatic N) is 2. The number of thioether (sulfide) groups is 1. The van der Waals surface area contributed by atoms with Gasteiger partial charge in [0.1, 0.15) is 0 Å². The third-order valence-electron chi connectivity index (χ3n) is 3.58. The topological polar surface area (TPSA) is 27.6 Å². The van der Waals surface area contributed by atoms with Gasteiger partial charge in [-0.15, -0.1) is 24.0 Å². The standard InChI is InChI=1S/C15H23N3S.HI/c1-15(2,19-4)11-17-14(16-3)18-10-9-12-7-5-6-8-13(12)18;/h5-8H,9-11H2,1-4H3,(H,16,17);1H. The van der Waals surface area contributed by atoms with E-state index in [-0.39, 0.29) is 28.7 Å². The molecule has 1 aliphatic rings. The van der Waals surface area contributed by atoms with Crippen LogP contribution in [0.15, 0.2) is 29.3 Å². The van der Waals surface area contributed by atoms with E-state index in [1.165, 1.54) is 11.3 Å². The van der Waals surface area contributed by atoms with Crippen LogP contribution in [0.5, 0.6) is 0 Å². The van der Waals surface area contributed by atoms with Crippen LogP contribution in [0.1, 0.15) is 19.4 Å². The van der Waals surface area contributed by atoms with E-state index in [0.29, 0.717) is 0 Å². The molecule has 20 heavy (non-hydrogen) atoms. The molecule has 0 fully saturated rings. The lowest BCUT2D eigenvalue weighted by Gasteiger charge is -2.27. The first-order valence-electron chi connectivity index (χ1n) is 6.68. The van der Waals surface area contributed by atoms with Crippen LogP contribution in [0, 0.1) is 0 Å². The number of aliphatic imine (C=N–C) groups is 1. The average Bonchev–Trinajstić information content (AvgIpc) is 2.84. The first-order valence-corrected chi connectivity index (χ1v) is 7.91. The zero-order valence-electron chi connectivity index (χ0n) is 12.6. The molecule has 0 aliphatic carbocycles. The second-order valence-electron chi connectivity index (χ2n) is 5.39. The van der Waals surface area contributed by atoms with Crippen molar-refractivity contribution in [3.05, 3.63) is 29.8 Å². The molecule has 0 aromatic heterocycles. The molecule has 5 heteroatoms. The molecular weight excluding hydrogens is 381 g/mol. The van der Waals surface area contributed by atoms with Crippen molar-refractivity contribution in [1.82, 2.24) is 5.32 Å². The molecule has 1 N–H and O–H groups in total. The fraction of sp³-hybridized carbons (Fsp3) is 0.533. The van der Waals surface area contributed by atoms with Gasteiger partial charge in [0.25, 0.3) is 0 Å². The van der Waals surface area contributed by atoms with E-state index >= 15 is 0 Å². The van der Waals surface area contributed by atoms with Crippen LogP contribution in [0.4, 0.5) is 5.69 Å². The van der Waals surface area contributed by atoms with Crippen LogP contribution in [-0.2, 0) is 6.42 Å². The molecule has 112 valence electrons. The predicted octanol–water partition coefficient (Wildman–Crippen LogP) is 3.38. The number of fused-ring (bicyclic) bond motifs is 1. The highest BCUT2D eigenvalue weighted by atomic mass is 127. The third kappa shape index (κ3) is 4.04. The summed E-state index contributed by atoms with van der Waals surface area (Å²) in [7, 11) is 1.86. The molecule has 3 nitrogen and oxygen atoms in total. The zero-order valence-corrected chi connectivity index (χ0v) is 15.8. The first kappa shape index (κ1) is 17.6. The average molecular weight is 405 g/mol. The fourth-order valence-electron chi connectivity index (χ4n) is 2.22. The highest BCUT2D eigenvalue weighted by molar-refractivity contribution is 14.0. The van der Waals surface area contributed by atoms with Crippen molar-refractivity contribution in [2.75, 3.05) is 31.3 Å². The molecule has 0 saturated heterocycles. The molecule has 1 aromatic carbocycles. The SMILES string of the molecule is CN=C(NCC(C)(C)SC)N1CCc2ccccc21.I. The van der Waals surface area contributed by atoms with Crippen LogP contribution in [-0.4, -0.2) is 37.1 Å². The number of halogens is 1. The van der Waals surface area contributed by atoms with Crippen molar-refractivity contribution in [1.29, 1.82) is 0 Å². The fourth-order valence-corrected chi connectivity index (χ4v) is 2.43. The largest absolute Gasteiger partial charge is 0.355 e. The number of nitrogens with one attached hydrogen (secondary N) is 1. The maximum atomic E-state index is 4.43. The van der Waals surface area contributed by atoms with Gasteiger partial charge in [0.15, 0.2) is 5.96 Å². The number of hydrogen-bond acceptors (Lipinski definition) is 2. The van der Waals surface area contributed by atoms with Gasteiger partial charge >= 0.3 is 0 Å². The molecule has 0 atom stereocenters. The van der Waals surface area contributed by atoms with E-state index in [2.05, 4.69) is 59.6 Å². The van der Waals surface area contributed by atoms with E-state index < -0.39 is 0 Å². The van der Waals surface area contributed by atoms with Crippen LogP contribution >= 0.6 is 35.7 Å². The Balaban J connectivity index is 0.00000200. The maximum absolute atomic E-state index is 4.43. The molecule has 0 amide bonds. The number of rotatable bonds is 3. The van der Waals surface area contributed by atoms with E-state index in [4.69, 9.17) is 0 Å². The molecule has 0 spiro atoms. The summed E-state index contributed by atoms with van der Waals surface area (Å²) in [5, 5.41) is 3.50. The lowest BCUT2D eigenvalue weighted by molar-refractivity contribution is 0.673. The minimum Gasteiger partial charge on any atom is -0.355 e. The number of anilines is 1. The molecule has 1 heterocycles. The Morgan fingerprint density at radius 1 is 1.40 bits per heavy atom. The Bertz CT molecular complexity index is 474. The van der Waals surface area contributed by atoms with Gasteiger partial charge in [-0.3, -0.25) is 4.99 Å². The molecule has 0 radical (unpaired) electrons. The van der Waals surface area contributed by atoms with Gasteiger partial charge in [-0.1, -0.05) is 18.2 Å². The smallest absolute Gasteiger partial charge is 0.198 e. The molecule has 0 saturated carbocycles. The Hall–Kier alpha value is -0.430. The Morgan fingerprint density at radius 3 is 2.75 bits per heavy atom. The Labute approximate surface area is 143 Å². The summed E-state index contributed by atoms with van der Waals surface area (Å²) in [5.41, 5.74) is 2.70. The van der Waals surface area contributed by atoms with Crippen molar-refractivity contribution in [3.8, 4) is 0 Å². The van der Waals surface area contributed by atoms with E-state index in [1.807, 2.05) is 18.8 Å². The molecular formula is C15H24IN3S. The monoisotopic (exact) mass is 405 g/mol. The van der Waals surface area contributed by atoms with Crippen LogP contribution in [0.3, 0.4) is 0 Å². The molecule has 1 aromatic rings. The highest BCUT2D eigenvalue weighted by Gasteiger charge is 2.24. The number of para-hydroxylation sites is 1. The lowest BCUT2D eigenvalue weighted by Crippen LogP contribution is -2.45. The first-order chi connectivity index (χ1) is 9.07. The molecule has 2 rings (SSSR count). The van der Waals surface area contributed by atoms with Crippen molar-refractivity contribution in [2.45, 2.75) is 25.0 Å². The number of benzene rings is 1. The van der Waals surface area contributed by atoms with Crippen molar-refractivity contribution in [2.24, 2.45) is 4.99 Å². The zero-order chi connectivity index (χ0) is 13.9. The Kier molecular flexibility index (Phi) is 6.64. The minimum atomic E-state index is 0. The summed E-state index contributed by atoms with van der Waals surface area (Å²) < 4.78 is 0.217. The van der Waals surface area contributed by atoms with Gasteiger partial charge in [0.2, 0.25) is 0 Å². The second-order valence-corrected chi connectivity index (χ2v) is 6.91. The van der Waals surface area contributed by atoms with Gasteiger partial charge < -0.3 is 10.2 Å². The molecule has 1 aliphatic heterocycles. The predicted molar refractivity (Wildman–Crippen MR) is 102 cm³/mol. The summed E-state index contributed by atoms with van der Waals surface area (Å²) in [6.07, 6.45) is 3.25. The van der Waals surface area contributed by atoms with Crippen LogP contribution in [0.25, 0.3) is 0 Å². The van der Waals surface area contributed by atoms with Crippen LogP contribution < -0.4 is 10.2 Å². The van der Waals surface area contributed by atoms with Crippen molar-refractivity contribution in [3.63, 3.8) is 0 Å². The third-order valence-corrected chi connectivity index (χ3v) is 4.83. The van der Waals surface area contributed by atoms with Crippen LogP contribution in [0.2, 0.25) is 0 Å². The number of hydrogen-bond donors (Lipinski definition) is 1. The van der Waals surface area contributed by atoms with Gasteiger partial charge in [-0.25, -0.2) is 0 Å². The summed E-state index contributed by atoms with van der Waals surface area (Å²) >= 11 is 1.87. The Morgan fingerprint density at radius 2 is 2.10 bits per heavy atom. The second kappa shape index (κ2) is 7.54. The molecule has 0 bridgehead atoms. The van der Waals surface area contributed by atoms with Crippen molar-refractivity contribution >= 4 is 47.4 Å². The van der Waals surface area contributed by atoms with Gasteiger partial charge in [0, 0.05) is 30.6 Å². The maximum Gasteiger partial charge on any atom is 0.198 e. The summed E-state index contributed by atoms with van der Waals surface area (Å²) in [5.74, 6) is 0.979. The van der Waals surface area contributed by atoms with Gasteiger partial charge in [0.05, 0.1) is 0 Å². The summed E-state index contributed by atoms with van der Waals surface area (Å²) in [4.78, 5) is 6.71. The highest BCUT2D eigenvalue weighted by Crippen LogP contribution is 2.27. The van der Waals surface area contributed by atoms with E-state index in [9.17, 15) is 0 Å². The van der Waals surface area contributed by atoms with Crippen molar-refractivity contribution < 1.29 is 0 Å². The van der Waals surface area contributed by atoms with Gasteiger partial charge in [-0.2, -0.15) is 11.8 Å². The summed E-state index contributed by atoms with van der Waals surface area (Å²) in [6.45, 7) is 6.42. The van der Waals surface area contributed by atoms with E-state index in [1.54, 1.807) is 0 Å². The van der Waals surface area contributed by atoms with E-state index in [0.717, 1.165) is 25.5 Å². The van der Waals surface area contributed by atoms with Gasteiger partial charge in [-0.05, 0) is 38.2 Å². The summed E-state index contributed by atoms with van der Waals surface area (Å²) in [6, 6.07) is 8.58. The lowest BCUT2D eigenvalue weighted by atomic mass is 10.2. The normalized spacial score (nSPS) is 14.8. The molecule has 0 unspecified atom stereocenters.